The third-order valence-electron chi connectivity index (χ3n) is 5.89. The number of benzene rings is 2. The molecule has 1 N–H and O–H groups in total. The van der Waals surface area contributed by atoms with Gasteiger partial charge in [0.05, 0.1) is 11.1 Å². The highest BCUT2D eigenvalue weighted by Crippen LogP contribution is 2.29. The van der Waals surface area contributed by atoms with Crippen molar-refractivity contribution in [3.63, 3.8) is 0 Å². The molecule has 0 radical (unpaired) electrons. The van der Waals surface area contributed by atoms with Gasteiger partial charge in [0.15, 0.2) is 6.61 Å². The first kappa shape index (κ1) is 28.3. The van der Waals surface area contributed by atoms with Gasteiger partial charge in [0.2, 0.25) is 0 Å². The Kier molecular flexibility index (Phi) is 10.6. The average Bonchev–Trinajstić information content (AvgIpc) is 3.26. The lowest BCUT2D eigenvalue weighted by atomic mass is 10.1. The van der Waals surface area contributed by atoms with Crippen LogP contribution in [0.15, 0.2) is 53.1 Å². The van der Waals surface area contributed by atoms with Crippen LogP contribution < -0.4 is 0 Å². The minimum atomic E-state index is -4.42. The zero-order valence-electron chi connectivity index (χ0n) is 20.9. The molecule has 2 aromatic carbocycles. The van der Waals surface area contributed by atoms with Gasteiger partial charge in [0, 0.05) is 24.9 Å². The molecule has 0 aliphatic rings. The molecule has 5 nitrogen and oxygen atoms in total. The Labute approximate surface area is 215 Å². The van der Waals surface area contributed by atoms with Gasteiger partial charge in [-0.25, -0.2) is 4.79 Å². The van der Waals surface area contributed by atoms with Crippen LogP contribution in [0.3, 0.4) is 0 Å². The van der Waals surface area contributed by atoms with Crippen LogP contribution in [0.25, 0.3) is 11.0 Å². The molecule has 0 spiro atoms. The number of hydroxylamine groups is 2. The number of aliphatic carboxylic acids is 1. The Morgan fingerprint density at radius 1 is 1.00 bits per heavy atom. The number of nitrogens with zero attached hydrogens (tertiary/aromatic N) is 1. The molecule has 0 aliphatic heterocycles. The lowest BCUT2D eigenvalue weighted by Crippen LogP contribution is -2.26. The van der Waals surface area contributed by atoms with E-state index in [9.17, 15) is 18.0 Å². The number of alkyl halides is 3. The van der Waals surface area contributed by atoms with Gasteiger partial charge in [-0.3, -0.25) is 4.84 Å². The number of carboxylic acids is 1. The van der Waals surface area contributed by atoms with Gasteiger partial charge < -0.3 is 9.52 Å². The van der Waals surface area contributed by atoms with E-state index in [1.54, 1.807) is 6.26 Å². The van der Waals surface area contributed by atoms with Gasteiger partial charge in [-0.15, -0.1) is 0 Å². The van der Waals surface area contributed by atoms with Crippen molar-refractivity contribution in [2.75, 3.05) is 6.61 Å². The highest BCUT2D eigenvalue weighted by Gasteiger charge is 2.30. The summed E-state index contributed by atoms with van der Waals surface area (Å²) in [6, 6.07) is 10.3. The molecule has 8 heteroatoms. The van der Waals surface area contributed by atoms with Crippen molar-refractivity contribution < 1.29 is 32.3 Å². The number of hydrogen-bond donors (Lipinski definition) is 1. The minimum absolute atomic E-state index is 0.111. The van der Waals surface area contributed by atoms with Gasteiger partial charge in [-0.05, 0) is 41.8 Å². The second kappa shape index (κ2) is 13.9. The molecule has 0 unspecified atom stereocenters. The maximum atomic E-state index is 12.9. The maximum absolute atomic E-state index is 12.9. The van der Waals surface area contributed by atoms with Crippen molar-refractivity contribution in [1.82, 2.24) is 5.06 Å². The highest BCUT2D eigenvalue weighted by molar-refractivity contribution is 5.84. The molecule has 0 fully saturated rings. The van der Waals surface area contributed by atoms with Crippen LogP contribution in [-0.2, 0) is 28.9 Å². The molecule has 0 saturated heterocycles. The summed E-state index contributed by atoms with van der Waals surface area (Å²) in [4.78, 5) is 16.5. The summed E-state index contributed by atoms with van der Waals surface area (Å²) in [6.07, 6.45) is 5.28. The Balaban J connectivity index is 1.68. The number of furan rings is 1. The van der Waals surface area contributed by atoms with Gasteiger partial charge >= 0.3 is 12.1 Å². The second-order valence-electron chi connectivity index (χ2n) is 8.96. The average molecular weight is 516 g/mol. The van der Waals surface area contributed by atoms with E-state index < -0.39 is 24.3 Å². The SMILES string of the molecule is CCCCCCCCC#Cc1coc2ccc(CN(Cc3ccc(C(F)(F)F)cc3)OCC(=O)O)cc12. The number of hydrogen-bond acceptors (Lipinski definition) is 4. The highest BCUT2D eigenvalue weighted by atomic mass is 19.4. The van der Waals surface area contributed by atoms with Crippen LogP contribution in [0, 0.1) is 11.8 Å². The molecule has 0 saturated carbocycles. The normalized spacial score (nSPS) is 11.6. The van der Waals surface area contributed by atoms with Crippen molar-refractivity contribution in [2.24, 2.45) is 0 Å². The summed E-state index contributed by atoms with van der Waals surface area (Å²) in [7, 11) is 0. The molecular weight excluding hydrogens is 483 g/mol. The lowest BCUT2D eigenvalue weighted by Gasteiger charge is -2.21. The first-order chi connectivity index (χ1) is 17.8. The number of unbranched alkanes of at least 4 members (excludes halogenated alkanes) is 6. The van der Waals surface area contributed by atoms with E-state index in [-0.39, 0.29) is 13.1 Å². The van der Waals surface area contributed by atoms with Crippen LogP contribution in [0.1, 0.15) is 74.1 Å². The third-order valence-corrected chi connectivity index (χ3v) is 5.89. The molecule has 1 aromatic heterocycles. The van der Waals surface area contributed by atoms with Gasteiger partial charge in [0.25, 0.3) is 0 Å². The smallest absolute Gasteiger partial charge is 0.416 e. The summed E-state index contributed by atoms with van der Waals surface area (Å²) in [5, 5.41) is 11.3. The molecule has 1 heterocycles. The molecule has 3 rings (SSSR count). The minimum Gasteiger partial charge on any atom is -0.479 e. The van der Waals surface area contributed by atoms with E-state index in [0.29, 0.717) is 11.1 Å². The fourth-order valence-electron chi connectivity index (χ4n) is 3.92. The van der Waals surface area contributed by atoms with Gasteiger partial charge in [0.1, 0.15) is 11.8 Å². The molecule has 0 aliphatic carbocycles. The van der Waals surface area contributed by atoms with E-state index in [2.05, 4.69) is 18.8 Å². The standard InChI is InChI=1S/C29H32F3NO4/c1-2-3-4-5-6-7-8-9-10-24-20-36-27-16-13-23(17-26(24)27)19-33(37-21-28(34)35)18-22-11-14-25(15-12-22)29(30,31)32/h11-17,20H,2-8,18-19,21H2,1H3,(H,34,35). The van der Waals surface area contributed by atoms with Crippen LogP contribution in [0.2, 0.25) is 0 Å². The molecule has 3 aromatic rings. The first-order valence-corrected chi connectivity index (χ1v) is 12.5. The quantitative estimate of drug-likeness (QED) is 0.144. The Hall–Kier alpha value is -3.28. The number of rotatable bonds is 13. The Morgan fingerprint density at radius 2 is 1.68 bits per heavy atom. The van der Waals surface area contributed by atoms with Gasteiger partial charge in [-0.1, -0.05) is 69.1 Å². The predicted octanol–water partition coefficient (Wildman–Crippen LogP) is 7.57. The Morgan fingerprint density at radius 3 is 2.38 bits per heavy atom. The second-order valence-corrected chi connectivity index (χ2v) is 8.96. The van der Waals surface area contributed by atoms with Crippen LogP contribution in [0.4, 0.5) is 13.2 Å². The van der Waals surface area contributed by atoms with Crippen molar-refractivity contribution in [1.29, 1.82) is 0 Å². The monoisotopic (exact) mass is 515 g/mol. The molecular formula is C29H32F3NO4. The molecule has 0 bridgehead atoms. The first-order valence-electron chi connectivity index (χ1n) is 12.5. The van der Waals surface area contributed by atoms with E-state index in [0.717, 1.165) is 41.5 Å². The molecule has 198 valence electrons. The van der Waals surface area contributed by atoms with Crippen molar-refractivity contribution in [2.45, 2.75) is 71.1 Å². The van der Waals surface area contributed by atoms with Crippen LogP contribution >= 0.6 is 0 Å². The topological polar surface area (TPSA) is 62.9 Å². The largest absolute Gasteiger partial charge is 0.479 e. The maximum Gasteiger partial charge on any atom is 0.416 e. The molecule has 0 atom stereocenters. The summed E-state index contributed by atoms with van der Waals surface area (Å²) >= 11 is 0. The zero-order valence-corrected chi connectivity index (χ0v) is 20.9. The van der Waals surface area contributed by atoms with E-state index in [1.807, 2.05) is 18.2 Å². The van der Waals surface area contributed by atoms with E-state index in [4.69, 9.17) is 14.4 Å². The fourth-order valence-corrected chi connectivity index (χ4v) is 3.92. The fraction of sp³-hybridized carbons (Fsp3) is 0.414. The number of carboxylic acid groups (broad SMARTS) is 1. The summed E-state index contributed by atoms with van der Waals surface area (Å²) < 4.78 is 44.2. The van der Waals surface area contributed by atoms with Crippen molar-refractivity contribution >= 4 is 16.9 Å². The number of halogens is 3. The van der Waals surface area contributed by atoms with Crippen molar-refractivity contribution in [3.05, 3.63) is 71.0 Å². The third kappa shape index (κ3) is 9.27. The number of fused-ring (bicyclic) bond motifs is 1. The van der Waals surface area contributed by atoms with E-state index in [1.165, 1.54) is 49.3 Å². The lowest BCUT2D eigenvalue weighted by molar-refractivity contribution is -0.190. The summed E-state index contributed by atoms with van der Waals surface area (Å²) in [5.41, 5.74) is 2.11. The van der Waals surface area contributed by atoms with Crippen molar-refractivity contribution in [3.8, 4) is 11.8 Å². The number of carbonyl (C=O) groups is 1. The summed E-state index contributed by atoms with van der Waals surface area (Å²) in [6.45, 7) is 1.97. The van der Waals surface area contributed by atoms with E-state index >= 15 is 0 Å². The van der Waals surface area contributed by atoms with Gasteiger partial charge in [-0.2, -0.15) is 18.2 Å². The van der Waals surface area contributed by atoms with Crippen LogP contribution in [-0.4, -0.2) is 22.7 Å². The Bertz CT molecular complexity index is 1210. The summed E-state index contributed by atoms with van der Waals surface area (Å²) in [5.74, 6) is 5.26. The predicted molar refractivity (Wildman–Crippen MR) is 135 cm³/mol. The molecule has 37 heavy (non-hydrogen) atoms. The molecule has 0 amide bonds. The zero-order chi connectivity index (χ0) is 26.7. The van der Waals surface area contributed by atoms with Crippen LogP contribution in [0.5, 0.6) is 0 Å².